The maximum absolute atomic E-state index is 12.3. The minimum Gasteiger partial charge on any atom is -0.481 e. The summed E-state index contributed by atoms with van der Waals surface area (Å²) in [5, 5.41) is 9.10. The van der Waals surface area contributed by atoms with Crippen molar-refractivity contribution in [1.82, 2.24) is 4.90 Å². The van der Waals surface area contributed by atoms with Gasteiger partial charge in [-0.05, 0) is 19.8 Å². The highest BCUT2D eigenvalue weighted by atomic mass is 16.5. The summed E-state index contributed by atoms with van der Waals surface area (Å²) in [7, 11) is 0. The average molecular weight is 241 g/mol. The van der Waals surface area contributed by atoms with Crippen molar-refractivity contribution in [2.75, 3.05) is 19.8 Å². The van der Waals surface area contributed by atoms with Crippen molar-refractivity contribution in [3.05, 3.63) is 0 Å². The molecule has 2 rings (SSSR count). The van der Waals surface area contributed by atoms with E-state index in [9.17, 15) is 9.59 Å². The molecule has 0 radical (unpaired) electrons. The van der Waals surface area contributed by atoms with Crippen LogP contribution >= 0.6 is 0 Å². The molecule has 0 unspecified atom stereocenters. The van der Waals surface area contributed by atoms with Gasteiger partial charge in [-0.2, -0.15) is 0 Å². The molecule has 1 N–H and O–H groups in total. The zero-order valence-corrected chi connectivity index (χ0v) is 10.1. The number of morpholine rings is 1. The predicted molar refractivity (Wildman–Crippen MR) is 60.5 cm³/mol. The van der Waals surface area contributed by atoms with Crippen molar-refractivity contribution in [3.8, 4) is 0 Å². The highest BCUT2D eigenvalue weighted by molar-refractivity contribution is 5.85. The van der Waals surface area contributed by atoms with Crippen molar-refractivity contribution in [3.63, 3.8) is 0 Å². The molecule has 0 aromatic carbocycles. The average Bonchev–Trinajstić information content (AvgIpc) is 2.77. The minimum absolute atomic E-state index is 0.00528. The summed E-state index contributed by atoms with van der Waals surface area (Å²) in [6, 6.07) is 0.0614. The van der Waals surface area contributed by atoms with E-state index in [-0.39, 0.29) is 17.9 Å². The number of carbonyl (C=O) groups excluding carboxylic acids is 1. The van der Waals surface area contributed by atoms with Crippen molar-refractivity contribution < 1.29 is 19.4 Å². The largest absolute Gasteiger partial charge is 0.481 e. The van der Waals surface area contributed by atoms with Crippen LogP contribution in [0.1, 0.15) is 26.2 Å². The molecule has 0 aromatic rings. The molecule has 96 valence electrons. The summed E-state index contributed by atoms with van der Waals surface area (Å²) in [6.07, 6.45) is 2.18. The number of hydrogen-bond donors (Lipinski definition) is 1. The van der Waals surface area contributed by atoms with Crippen LogP contribution in [0.3, 0.4) is 0 Å². The summed E-state index contributed by atoms with van der Waals surface area (Å²) >= 11 is 0. The van der Waals surface area contributed by atoms with E-state index in [4.69, 9.17) is 9.84 Å². The number of hydrogen-bond acceptors (Lipinski definition) is 3. The molecule has 1 aliphatic heterocycles. The molecule has 1 saturated carbocycles. The first-order valence-corrected chi connectivity index (χ1v) is 6.22. The number of carboxylic acid groups (broad SMARTS) is 1. The Bertz CT molecular complexity index is 318. The Hall–Kier alpha value is -1.10. The summed E-state index contributed by atoms with van der Waals surface area (Å²) in [4.78, 5) is 25.2. The fourth-order valence-corrected chi connectivity index (χ4v) is 2.82. The number of ether oxygens (including phenoxy) is 1. The molecule has 2 aliphatic rings. The van der Waals surface area contributed by atoms with Crippen LogP contribution in [0.4, 0.5) is 0 Å². The third-order valence-electron chi connectivity index (χ3n) is 3.80. The van der Waals surface area contributed by atoms with Crippen LogP contribution < -0.4 is 0 Å². The topological polar surface area (TPSA) is 66.8 Å². The first-order chi connectivity index (χ1) is 8.11. The summed E-state index contributed by atoms with van der Waals surface area (Å²) < 4.78 is 5.29. The van der Waals surface area contributed by atoms with E-state index >= 15 is 0 Å². The van der Waals surface area contributed by atoms with E-state index < -0.39 is 11.9 Å². The number of rotatable bonds is 2. The molecule has 0 bridgehead atoms. The van der Waals surface area contributed by atoms with Crippen molar-refractivity contribution in [2.24, 2.45) is 11.8 Å². The monoisotopic (exact) mass is 241 g/mol. The zero-order chi connectivity index (χ0) is 12.4. The first kappa shape index (κ1) is 12.4. The van der Waals surface area contributed by atoms with E-state index in [1.807, 2.05) is 6.92 Å². The molecule has 5 nitrogen and oxygen atoms in total. The highest BCUT2D eigenvalue weighted by Gasteiger charge is 2.41. The fourth-order valence-electron chi connectivity index (χ4n) is 2.82. The predicted octanol–water partition coefficient (Wildman–Crippen LogP) is 0.735. The molecule has 3 atom stereocenters. The maximum Gasteiger partial charge on any atom is 0.307 e. The van der Waals surface area contributed by atoms with E-state index in [1.165, 1.54) is 0 Å². The van der Waals surface area contributed by atoms with Crippen LogP contribution in [-0.4, -0.2) is 47.7 Å². The van der Waals surface area contributed by atoms with Gasteiger partial charge in [-0.25, -0.2) is 0 Å². The van der Waals surface area contributed by atoms with Gasteiger partial charge in [-0.3, -0.25) is 9.59 Å². The van der Waals surface area contributed by atoms with Crippen LogP contribution in [-0.2, 0) is 14.3 Å². The summed E-state index contributed by atoms with van der Waals surface area (Å²) in [5.41, 5.74) is 0. The Labute approximate surface area is 101 Å². The molecule has 0 aromatic heterocycles. The Morgan fingerprint density at radius 1 is 1.29 bits per heavy atom. The molecule has 1 amide bonds. The molecule has 1 saturated heterocycles. The van der Waals surface area contributed by atoms with E-state index in [1.54, 1.807) is 4.90 Å². The second kappa shape index (κ2) is 5.04. The second-order valence-corrected chi connectivity index (χ2v) is 4.94. The lowest BCUT2D eigenvalue weighted by Crippen LogP contribution is -2.50. The second-order valence-electron chi connectivity index (χ2n) is 4.94. The number of carbonyl (C=O) groups is 2. The smallest absolute Gasteiger partial charge is 0.307 e. The molecule has 2 fully saturated rings. The fraction of sp³-hybridized carbons (Fsp3) is 0.833. The quantitative estimate of drug-likeness (QED) is 0.774. The normalized spacial score (nSPS) is 33.7. The van der Waals surface area contributed by atoms with Crippen molar-refractivity contribution in [2.45, 2.75) is 32.2 Å². The minimum atomic E-state index is -0.832. The van der Waals surface area contributed by atoms with Gasteiger partial charge in [0, 0.05) is 6.54 Å². The zero-order valence-electron chi connectivity index (χ0n) is 10.1. The van der Waals surface area contributed by atoms with Gasteiger partial charge in [0.15, 0.2) is 0 Å². The Morgan fingerprint density at radius 2 is 2.00 bits per heavy atom. The van der Waals surface area contributed by atoms with Crippen LogP contribution in [0.25, 0.3) is 0 Å². The van der Waals surface area contributed by atoms with Gasteiger partial charge in [-0.1, -0.05) is 6.42 Å². The lowest BCUT2D eigenvalue weighted by atomic mass is 9.94. The lowest BCUT2D eigenvalue weighted by Gasteiger charge is -2.35. The van der Waals surface area contributed by atoms with Gasteiger partial charge in [-0.15, -0.1) is 0 Å². The van der Waals surface area contributed by atoms with Gasteiger partial charge >= 0.3 is 5.97 Å². The first-order valence-electron chi connectivity index (χ1n) is 6.22. The third kappa shape index (κ3) is 2.44. The lowest BCUT2D eigenvalue weighted by molar-refractivity contribution is -0.152. The van der Waals surface area contributed by atoms with Crippen LogP contribution in [0.5, 0.6) is 0 Å². The number of carboxylic acids is 1. The number of amides is 1. The van der Waals surface area contributed by atoms with E-state index in [0.29, 0.717) is 32.6 Å². The van der Waals surface area contributed by atoms with Gasteiger partial charge < -0.3 is 14.7 Å². The number of aliphatic carboxylic acids is 1. The van der Waals surface area contributed by atoms with Crippen molar-refractivity contribution in [1.29, 1.82) is 0 Å². The number of nitrogens with zero attached hydrogens (tertiary/aromatic N) is 1. The molecular weight excluding hydrogens is 222 g/mol. The van der Waals surface area contributed by atoms with Crippen LogP contribution in [0, 0.1) is 11.8 Å². The highest BCUT2D eigenvalue weighted by Crippen LogP contribution is 2.34. The Balaban J connectivity index is 2.05. The maximum atomic E-state index is 12.3. The molecule has 17 heavy (non-hydrogen) atoms. The van der Waals surface area contributed by atoms with Gasteiger partial charge in [0.2, 0.25) is 5.91 Å². The van der Waals surface area contributed by atoms with E-state index in [2.05, 4.69) is 0 Å². The van der Waals surface area contributed by atoms with Crippen LogP contribution in [0.15, 0.2) is 0 Å². The Morgan fingerprint density at radius 3 is 2.65 bits per heavy atom. The SMILES string of the molecule is C[C@@H]1COCCN1C(=O)[C@@H]1CCC[C@@H]1C(=O)O. The molecular formula is C12H19NO4. The molecule has 5 heteroatoms. The summed E-state index contributed by atoms with van der Waals surface area (Å²) in [6.45, 7) is 3.64. The Kier molecular flexibility index (Phi) is 3.66. The summed E-state index contributed by atoms with van der Waals surface area (Å²) in [5.74, 6) is -1.64. The molecule has 1 heterocycles. The third-order valence-corrected chi connectivity index (χ3v) is 3.80. The molecule has 1 aliphatic carbocycles. The van der Waals surface area contributed by atoms with Gasteiger partial charge in [0.25, 0.3) is 0 Å². The van der Waals surface area contributed by atoms with Gasteiger partial charge in [0.05, 0.1) is 31.1 Å². The van der Waals surface area contributed by atoms with Crippen LogP contribution in [0.2, 0.25) is 0 Å². The van der Waals surface area contributed by atoms with Crippen molar-refractivity contribution >= 4 is 11.9 Å². The van der Waals surface area contributed by atoms with Gasteiger partial charge in [0.1, 0.15) is 0 Å². The molecule has 0 spiro atoms. The van der Waals surface area contributed by atoms with E-state index in [0.717, 1.165) is 6.42 Å². The standard InChI is InChI=1S/C12H19NO4/c1-8-7-17-6-5-13(8)11(14)9-3-2-4-10(9)12(15)16/h8-10H,2-7H2,1H3,(H,15,16)/t8-,9-,10+/m1/s1.